The molecule has 0 aliphatic heterocycles. The summed E-state index contributed by atoms with van der Waals surface area (Å²) in [6, 6.07) is 6.46. The van der Waals surface area contributed by atoms with Gasteiger partial charge in [-0.05, 0) is 25.0 Å². The first kappa shape index (κ1) is 13.3. The van der Waals surface area contributed by atoms with Crippen molar-refractivity contribution in [2.24, 2.45) is 0 Å². The zero-order valence-corrected chi connectivity index (χ0v) is 10.6. The molecule has 1 aromatic heterocycles. The Hall–Kier alpha value is -2.17. The lowest BCUT2D eigenvalue weighted by Gasteiger charge is -2.04. The number of hydrogen-bond donors (Lipinski definition) is 1. The molecule has 0 fully saturated rings. The normalized spacial score (nSPS) is 10.4. The van der Waals surface area contributed by atoms with Gasteiger partial charge < -0.3 is 9.73 Å². The minimum atomic E-state index is -0.279. The number of aromatic nitrogens is 1. The number of nitrogens with zero attached hydrogens (tertiary/aromatic N) is 1. The monoisotopic (exact) mass is 262 g/mol. The predicted octanol–water partition coefficient (Wildman–Crippen LogP) is 2.37. The quantitative estimate of drug-likeness (QED) is 0.900. The number of hydrogen-bond acceptors (Lipinski definition) is 3. The summed E-state index contributed by atoms with van der Waals surface area (Å²) in [5.74, 6) is 0.741. The number of halogens is 1. The number of benzene rings is 1. The maximum atomic E-state index is 13.3. The molecule has 100 valence electrons. The lowest BCUT2D eigenvalue weighted by molar-refractivity contribution is -0.121. The van der Waals surface area contributed by atoms with Crippen molar-refractivity contribution in [3.8, 4) is 0 Å². The molecule has 5 heteroatoms. The van der Waals surface area contributed by atoms with Crippen molar-refractivity contribution in [1.82, 2.24) is 10.3 Å². The Kier molecular flexibility index (Phi) is 4.28. The van der Waals surface area contributed by atoms with E-state index in [9.17, 15) is 9.18 Å². The third-order valence-electron chi connectivity index (χ3n) is 2.69. The van der Waals surface area contributed by atoms with E-state index >= 15 is 0 Å². The highest BCUT2D eigenvalue weighted by Crippen LogP contribution is 2.08. The van der Waals surface area contributed by atoms with E-state index < -0.39 is 0 Å². The molecule has 4 nitrogen and oxygen atoms in total. The van der Waals surface area contributed by atoms with Crippen LogP contribution in [-0.2, 0) is 17.8 Å². The van der Waals surface area contributed by atoms with E-state index in [-0.39, 0.29) is 24.7 Å². The van der Waals surface area contributed by atoms with Gasteiger partial charge in [0.1, 0.15) is 11.6 Å². The van der Waals surface area contributed by atoms with Gasteiger partial charge >= 0.3 is 0 Å². The average molecular weight is 262 g/mol. The van der Waals surface area contributed by atoms with Crippen molar-refractivity contribution in [1.29, 1.82) is 0 Å². The summed E-state index contributed by atoms with van der Waals surface area (Å²) < 4.78 is 18.6. The van der Waals surface area contributed by atoms with Crippen LogP contribution in [-0.4, -0.2) is 10.9 Å². The summed E-state index contributed by atoms with van der Waals surface area (Å²) in [5, 5.41) is 2.68. The minimum Gasteiger partial charge on any atom is -0.444 e. The Labute approximate surface area is 110 Å². The van der Waals surface area contributed by atoms with Crippen LogP contribution in [0.3, 0.4) is 0 Å². The third-order valence-corrected chi connectivity index (χ3v) is 2.69. The molecule has 0 saturated carbocycles. The Balaban J connectivity index is 1.77. The summed E-state index contributed by atoms with van der Waals surface area (Å²) >= 11 is 0. The average Bonchev–Trinajstić information content (AvgIpc) is 2.81. The number of amides is 1. The standard InChI is InChI=1S/C14H15FN2O2/c1-10-8-17-14(19-10)9-16-13(18)7-6-11-4-2-3-5-12(11)15/h2-5,8H,6-7,9H2,1H3,(H,16,18). The largest absolute Gasteiger partial charge is 0.444 e. The van der Waals surface area contributed by atoms with Crippen LogP contribution in [0.15, 0.2) is 34.9 Å². The lowest BCUT2D eigenvalue weighted by atomic mass is 10.1. The number of rotatable bonds is 5. The second-order valence-corrected chi connectivity index (χ2v) is 4.23. The van der Waals surface area contributed by atoms with Gasteiger partial charge in [0.2, 0.25) is 11.8 Å². The molecule has 2 rings (SSSR count). The van der Waals surface area contributed by atoms with Crippen LogP contribution in [0.2, 0.25) is 0 Å². The predicted molar refractivity (Wildman–Crippen MR) is 67.8 cm³/mol. The van der Waals surface area contributed by atoms with Crippen LogP contribution in [0.4, 0.5) is 4.39 Å². The molecule has 0 aliphatic carbocycles. The fourth-order valence-electron chi connectivity index (χ4n) is 1.70. The molecule has 1 N–H and O–H groups in total. The van der Waals surface area contributed by atoms with Gasteiger partial charge in [0.25, 0.3) is 0 Å². The van der Waals surface area contributed by atoms with E-state index in [0.29, 0.717) is 23.6 Å². The highest BCUT2D eigenvalue weighted by atomic mass is 19.1. The molecule has 0 saturated heterocycles. The van der Waals surface area contributed by atoms with E-state index in [1.54, 1.807) is 31.3 Å². The van der Waals surface area contributed by atoms with Gasteiger partial charge in [-0.1, -0.05) is 18.2 Å². The highest BCUT2D eigenvalue weighted by molar-refractivity contribution is 5.76. The first-order valence-electron chi connectivity index (χ1n) is 6.06. The molecule has 1 aromatic carbocycles. The second kappa shape index (κ2) is 6.13. The molecule has 1 heterocycles. The van der Waals surface area contributed by atoms with Crippen molar-refractivity contribution in [3.05, 3.63) is 53.5 Å². The summed E-state index contributed by atoms with van der Waals surface area (Å²) in [5.41, 5.74) is 0.546. The van der Waals surface area contributed by atoms with Crippen molar-refractivity contribution < 1.29 is 13.6 Å². The van der Waals surface area contributed by atoms with Crippen molar-refractivity contribution in [2.45, 2.75) is 26.3 Å². The molecule has 0 unspecified atom stereocenters. The summed E-state index contributed by atoms with van der Waals surface area (Å²) in [4.78, 5) is 15.6. The molecule has 0 atom stereocenters. The van der Waals surface area contributed by atoms with Crippen molar-refractivity contribution in [3.63, 3.8) is 0 Å². The Morgan fingerprint density at radius 2 is 2.21 bits per heavy atom. The van der Waals surface area contributed by atoms with Crippen LogP contribution >= 0.6 is 0 Å². The summed E-state index contributed by atoms with van der Waals surface area (Å²) in [6.07, 6.45) is 2.21. The molecule has 1 amide bonds. The van der Waals surface area contributed by atoms with Gasteiger partial charge in [0.15, 0.2) is 0 Å². The molecule has 0 radical (unpaired) electrons. The molecular formula is C14H15FN2O2. The smallest absolute Gasteiger partial charge is 0.220 e. The van der Waals surface area contributed by atoms with Crippen molar-refractivity contribution in [2.75, 3.05) is 0 Å². The van der Waals surface area contributed by atoms with Gasteiger partial charge in [-0.2, -0.15) is 0 Å². The molecule has 0 aliphatic rings. The van der Waals surface area contributed by atoms with Crippen LogP contribution in [0.1, 0.15) is 23.6 Å². The molecular weight excluding hydrogens is 247 g/mol. The Bertz CT molecular complexity index is 566. The van der Waals surface area contributed by atoms with Crippen LogP contribution in [0.5, 0.6) is 0 Å². The van der Waals surface area contributed by atoms with E-state index in [1.807, 2.05) is 0 Å². The van der Waals surface area contributed by atoms with Gasteiger partial charge in [0, 0.05) is 6.42 Å². The minimum absolute atomic E-state index is 0.154. The summed E-state index contributed by atoms with van der Waals surface area (Å²) in [7, 11) is 0. The third kappa shape index (κ3) is 3.91. The van der Waals surface area contributed by atoms with E-state index in [2.05, 4.69) is 10.3 Å². The fourth-order valence-corrected chi connectivity index (χ4v) is 1.70. The summed E-state index contributed by atoms with van der Waals surface area (Å²) in [6.45, 7) is 2.04. The topological polar surface area (TPSA) is 55.1 Å². The van der Waals surface area contributed by atoms with Crippen molar-refractivity contribution >= 4 is 5.91 Å². The Morgan fingerprint density at radius 1 is 1.42 bits per heavy atom. The molecule has 0 bridgehead atoms. The maximum Gasteiger partial charge on any atom is 0.220 e. The number of carbonyl (C=O) groups is 1. The van der Waals surface area contributed by atoms with Gasteiger partial charge in [-0.15, -0.1) is 0 Å². The zero-order valence-electron chi connectivity index (χ0n) is 10.6. The molecule has 0 spiro atoms. The van der Waals surface area contributed by atoms with Gasteiger partial charge in [0.05, 0.1) is 12.7 Å². The maximum absolute atomic E-state index is 13.3. The number of aryl methyl sites for hydroxylation is 2. The fraction of sp³-hybridized carbons (Fsp3) is 0.286. The SMILES string of the molecule is Cc1cnc(CNC(=O)CCc2ccccc2F)o1. The molecule has 2 aromatic rings. The second-order valence-electron chi connectivity index (χ2n) is 4.23. The van der Waals surface area contributed by atoms with Gasteiger partial charge in [-0.25, -0.2) is 9.37 Å². The first-order chi connectivity index (χ1) is 9.15. The highest BCUT2D eigenvalue weighted by Gasteiger charge is 2.07. The van der Waals surface area contributed by atoms with Crippen LogP contribution in [0, 0.1) is 12.7 Å². The van der Waals surface area contributed by atoms with E-state index in [0.717, 1.165) is 0 Å². The first-order valence-corrected chi connectivity index (χ1v) is 6.06. The Morgan fingerprint density at radius 3 is 2.89 bits per heavy atom. The zero-order chi connectivity index (χ0) is 13.7. The number of nitrogens with one attached hydrogen (secondary N) is 1. The van der Waals surface area contributed by atoms with Gasteiger partial charge in [-0.3, -0.25) is 4.79 Å². The number of oxazole rings is 1. The van der Waals surface area contributed by atoms with E-state index in [1.165, 1.54) is 6.07 Å². The lowest BCUT2D eigenvalue weighted by Crippen LogP contribution is -2.23. The van der Waals surface area contributed by atoms with E-state index in [4.69, 9.17) is 4.42 Å². The number of carbonyl (C=O) groups excluding carboxylic acids is 1. The van der Waals surface area contributed by atoms with Crippen LogP contribution in [0.25, 0.3) is 0 Å². The molecule has 19 heavy (non-hydrogen) atoms. The van der Waals surface area contributed by atoms with Crippen LogP contribution < -0.4 is 5.32 Å².